The maximum atomic E-state index is 13.9. The van der Waals surface area contributed by atoms with Gasteiger partial charge in [0.05, 0.1) is 4.47 Å². The summed E-state index contributed by atoms with van der Waals surface area (Å²) in [6.45, 7) is 8.68. The number of benzene rings is 2. The Morgan fingerprint density at radius 2 is 1.49 bits per heavy atom. The molecular formula is C32H34BrNO5. The lowest BCUT2D eigenvalue weighted by Crippen LogP contribution is -2.44. The first-order chi connectivity index (χ1) is 18.3. The molecule has 0 saturated carbocycles. The first-order valence-electron chi connectivity index (χ1n) is 13.3. The van der Waals surface area contributed by atoms with Crippen molar-refractivity contribution in [3.8, 4) is 5.75 Å². The van der Waals surface area contributed by atoms with Crippen LogP contribution in [0.4, 0.5) is 0 Å². The van der Waals surface area contributed by atoms with Crippen LogP contribution in [0.2, 0.25) is 0 Å². The Morgan fingerprint density at radius 1 is 0.923 bits per heavy atom. The fraction of sp³-hybridized carbons (Fsp3) is 0.406. The van der Waals surface area contributed by atoms with Crippen molar-refractivity contribution >= 4 is 33.5 Å². The fourth-order valence-corrected chi connectivity index (χ4v) is 6.80. The largest absolute Gasteiger partial charge is 0.481 e. The van der Waals surface area contributed by atoms with E-state index in [4.69, 9.17) is 9.84 Å². The molecule has 2 aromatic rings. The maximum absolute atomic E-state index is 13.9. The highest BCUT2D eigenvalue weighted by Gasteiger charge is 2.49. The Morgan fingerprint density at radius 3 is 2.00 bits per heavy atom. The second kappa shape index (κ2) is 10.1. The standard InChI is InChI=1S/C32H34BrNO5/c1-31(2)13-22-29(24(35)15-31)28(20-10-11-26(21(33)12-20)39-18-27(37)38)30-23(14-32(3,4)16-25(30)36)34(22)17-19-8-6-5-7-9-19/h5-12,28H,13-18H2,1-4H3,(H,37,38). The van der Waals surface area contributed by atoms with Crippen molar-refractivity contribution in [3.63, 3.8) is 0 Å². The molecule has 0 atom stereocenters. The third-order valence-electron chi connectivity index (χ3n) is 7.85. The third kappa shape index (κ3) is 5.46. The highest BCUT2D eigenvalue weighted by atomic mass is 79.9. The number of carbonyl (C=O) groups excluding carboxylic acids is 2. The van der Waals surface area contributed by atoms with Gasteiger partial charge in [-0.1, -0.05) is 64.1 Å². The molecule has 0 unspecified atom stereocenters. The number of aliphatic carboxylic acids is 1. The minimum Gasteiger partial charge on any atom is -0.481 e. The SMILES string of the molecule is CC1(C)CC(=O)C2=C(C1)N(Cc1ccccc1)C1=C(C(=O)CC(C)(C)C1)C2c1ccc(OCC(=O)O)c(Br)c1. The Hall–Kier alpha value is -3.19. The Kier molecular flexibility index (Phi) is 7.08. The van der Waals surface area contributed by atoms with Crippen LogP contribution in [0.15, 0.2) is 75.5 Å². The normalized spacial score (nSPS) is 20.6. The van der Waals surface area contributed by atoms with Crippen molar-refractivity contribution in [2.45, 2.75) is 65.8 Å². The predicted octanol–water partition coefficient (Wildman–Crippen LogP) is 6.80. The van der Waals surface area contributed by atoms with Crippen LogP contribution in [0.5, 0.6) is 5.75 Å². The molecule has 0 amide bonds. The van der Waals surface area contributed by atoms with Gasteiger partial charge in [-0.2, -0.15) is 0 Å². The molecule has 0 aromatic heterocycles. The van der Waals surface area contributed by atoms with Gasteiger partial charge < -0.3 is 14.7 Å². The van der Waals surface area contributed by atoms with E-state index in [2.05, 4.69) is 60.7 Å². The smallest absolute Gasteiger partial charge is 0.341 e. The number of hydrogen-bond acceptors (Lipinski definition) is 5. The number of carboxylic acids is 1. The number of allylic oxidation sites excluding steroid dienone is 4. The van der Waals surface area contributed by atoms with Gasteiger partial charge in [-0.3, -0.25) is 9.59 Å². The summed E-state index contributed by atoms with van der Waals surface area (Å²) in [5.41, 5.74) is 5.00. The van der Waals surface area contributed by atoms with E-state index in [1.54, 1.807) is 6.07 Å². The molecule has 6 nitrogen and oxygen atoms in total. The molecule has 0 bridgehead atoms. The number of hydrogen-bond donors (Lipinski definition) is 1. The Balaban J connectivity index is 1.70. The first-order valence-corrected chi connectivity index (χ1v) is 14.1. The van der Waals surface area contributed by atoms with Crippen LogP contribution in [0.1, 0.15) is 70.4 Å². The number of carbonyl (C=O) groups is 3. The van der Waals surface area contributed by atoms with Crippen LogP contribution in [0.25, 0.3) is 0 Å². The van der Waals surface area contributed by atoms with Crippen LogP contribution < -0.4 is 4.74 Å². The van der Waals surface area contributed by atoms with Crippen LogP contribution in [0.3, 0.4) is 0 Å². The summed E-state index contributed by atoms with van der Waals surface area (Å²) in [7, 11) is 0. The number of ether oxygens (including phenoxy) is 1. The van der Waals surface area contributed by atoms with Gasteiger partial charge in [0.25, 0.3) is 0 Å². The lowest BCUT2D eigenvalue weighted by molar-refractivity contribution is -0.139. The number of halogens is 1. The van der Waals surface area contributed by atoms with Crippen molar-refractivity contribution < 1.29 is 24.2 Å². The van der Waals surface area contributed by atoms with Crippen LogP contribution in [-0.2, 0) is 20.9 Å². The van der Waals surface area contributed by atoms with E-state index in [-0.39, 0.29) is 22.4 Å². The van der Waals surface area contributed by atoms with E-state index in [0.29, 0.717) is 40.8 Å². The maximum Gasteiger partial charge on any atom is 0.341 e. The molecule has 2 aliphatic carbocycles. The average molecular weight is 593 g/mol. The lowest BCUT2D eigenvalue weighted by Gasteiger charge is -2.49. The van der Waals surface area contributed by atoms with Crippen molar-refractivity contribution in [1.29, 1.82) is 0 Å². The second-order valence-corrected chi connectivity index (χ2v) is 13.3. The van der Waals surface area contributed by atoms with E-state index in [1.165, 1.54) is 0 Å². The van der Waals surface area contributed by atoms with E-state index in [1.807, 2.05) is 30.3 Å². The quantitative estimate of drug-likeness (QED) is 0.398. The molecule has 7 heteroatoms. The first kappa shape index (κ1) is 27.4. The zero-order valence-corrected chi connectivity index (χ0v) is 24.4. The van der Waals surface area contributed by atoms with Gasteiger partial charge in [0, 0.05) is 47.8 Å². The van der Waals surface area contributed by atoms with Crippen molar-refractivity contribution in [1.82, 2.24) is 4.90 Å². The number of rotatable bonds is 6. The summed E-state index contributed by atoms with van der Waals surface area (Å²) >= 11 is 3.53. The summed E-state index contributed by atoms with van der Waals surface area (Å²) < 4.78 is 6.01. The highest BCUT2D eigenvalue weighted by Crippen LogP contribution is 2.55. The average Bonchev–Trinajstić information content (AvgIpc) is 2.83. The summed E-state index contributed by atoms with van der Waals surface area (Å²) in [6, 6.07) is 15.6. The van der Waals surface area contributed by atoms with Gasteiger partial charge in [0.1, 0.15) is 5.75 Å². The van der Waals surface area contributed by atoms with Gasteiger partial charge >= 0.3 is 5.97 Å². The minimum absolute atomic E-state index is 0.0795. The summed E-state index contributed by atoms with van der Waals surface area (Å²) in [4.78, 5) is 41.2. The molecule has 1 N–H and O–H groups in total. The van der Waals surface area contributed by atoms with E-state index >= 15 is 0 Å². The molecule has 2 aromatic carbocycles. The molecule has 0 fully saturated rings. The molecule has 0 saturated heterocycles. The van der Waals surface area contributed by atoms with E-state index < -0.39 is 18.5 Å². The van der Waals surface area contributed by atoms with E-state index in [0.717, 1.165) is 35.4 Å². The number of nitrogens with zero attached hydrogens (tertiary/aromatic N) is 1. The van der Waals surface area contributed by atoms with Crippen LogP contribution >= 0.6 is 15.9 Å². The molecule has 39 heavy (non-hydrogen) atoms. The number of Topliss-reactive ketones (excluding diaryl/α,β-unsaturated/α-hetero) is 2. The van der Waals surface area contributed by atoms with Gasteiger partial charge in [-0.05, 0) is 62.9 Å². The number of ketones is 2. The molecule has 0 radical (unpaired) electrons. The highest BCUT2D eigenvalue weighted by molar-refractivity contribution is 9.10. The molecule has 1 heterocycles. The molecule has 1 aliphatic heterocycles. The monoisotopic (exact) mass is 591 g/mol. The zero-order valence-electron chi connectivity index (χ0n) is 22.8. The Labute approximate surface area is 237 Å². The zero-order chi connectivity index (χ0) is 28.1. The fourth-order valence-electron chi connectivity index (χ4n) is 6.29. The van der Waals surface area contributed by atoms with Gasteiger partial charge in [0.15, 0.2) is 18.2 Å². The Bertz CT molecular complexity index is 1370. The lowest BCUT2D eigenvalue weighted by atomic mass is 9.63. The number of carboxylic acid groups (broad SMARTS) is 1. The molecule has 204 valence electrons. The van der Waals surface area contributed by atoms with Crippen molar-refractivity contribution in [2.75, 3.05) is 6.61 Å². The summed E-state index contributed by atoms with van der Waals surface area (Å²) in [5, 5.41) is 9.02. The molecule has 0 spiro atoms. The van der Waals surface area contributed by atoms with Crippen molar-refractivity contribution in [2.24, 2.45) is 10.8 Å². The molecule has 3 aliphatic rings. The van der Waals surface area contributed by atoms with Gasteiger partial charge in [0.2, 0.25) is 0 Å². The summed E-state index contributed by atoms with van der Waals surface area (Å²) in [6.07, 6.45) is 2.32. The van der Waals surface area contributed by atoms with E-state index in [9.17, 15) is 14.4 Å². The predicted molar refractivity (Wildman–Crippen MR) is 152 cm³/mol. The molecular weight excluding hydrogens is 558 g/mol. The summed E-state index contributed by atoms with van der Waals surface area (Å²) in [5.74, 6) is -0.976. The van der Waals surface area contributed by atoms with Crippen molar-refractivity contribution in [3.05, 3.63) is 86.7 Å². The second-order valence-electron chi connectivity index (χ2n) is 12.5. The minimum atomic E-state index is -1.06. The van der Waals surface area contributed by atoms with Gasteiger partial charge in [-0.15, -0.1) is 0 Å². The topological polar surface area (TPSA) is 83.9 Å². The molecule has 5 rings (SSSR count). The van der Waals surface area contributed by atoms with Crippen LogP contribution in [-0.4, -0.2) is 34.1 Å². The van der Waals surface area contributed by atoms with Gasteiger partial charge in [-0.25, -0.2) is 4.79 Å². The van der Waals surface area contributed by atoms with Crippen LogP contribution in [0, 0.1) is 10.8 Å². The third-order valence-corrected chi connectivity index (χ3v) is 8.47.